The van der Waals surface area contributed by atoms with Crippen molar-refractivity contribution in [3.63, 3.8) is 0 Å². The summed E-state index contributed by atoms with van der Waals surface area (Å²) in [5, 5.41) is 13.4. The molecule has 1 saturated carbocycles. The van der Waals surface area contributed by atoms with Crippen molar-refractivity contribution in [3.05, 3.63) is 17.0 Å². The summed E-state index contributed by atoms with van der Waals surface area (Å²) in [5.74, 6) is 0.0332. The van der Waals surface area contributed by atoms with E-state index in [4.69, 9.17) is 5.26 Å². The molecule has 3 rings (SSSR count). The molecule has 1 aromatic rings. The minimum Gasteiger partial charge on any atom is -0.264 e. The number of aromatic nitrogens is 2. The van der Waals surface area contributed by atoms with Crippen LogP contribution < -0.4 is 0 Å². The van der Waals surface area contributed by atoms with Crippen LogP contribution in [0.2, 0.25) is 0 Å². The minimum atomic E-state index is -3.07. The summed E-state index contributed by atoms with van der Waals surface area (Å²) >= 11 is 0. The van der Waals surface area contributed by atoms with Crippen LogP contribution >= 0.6 is 0 Å². The Morgan fingerprint density at radius 1 is 1.22 bits per heavy atom. The van der Waals surface area contributed by atoms with Crippen LogP contribution in [-0.4, -0.2) is 18.2 Å². The normalized spacial score (nSPS) is 22.6. The van der Waals surface area contributed by atoms with Gasteiger partial charge in [-0.25, -0.2) is 8.42 Å². The number of sulfone groups is 1. The van der Waals surface area contributed by atoms with E-state index in [0.29, 0.717) is 11.3 Å². The largest absolute Gasteiger partial charge is 0.264 e. The summed E-state index contributed by atoms with van der Waals surface area (Å²) in [6.45, 7) is 0. The Labute approximate surface area is 106 Å². The van der Waals surface area contributed by atoms with Gasteiger partial charge in [0.2, 0.25) is 0 Å². The topological polar surface area (TPSA) is 75.8 Å². The lowest BCUT2D eigenvalue weighted by molar-refractivity contribution is 0.324. The first-order valence-electron chi connectivity index (χ1n) is 6.31. The summed E-state index contributed by atoms with van der Waals surface area (Å²) in [5.41, 5.74) is 1.71. The lowest BCUT2D eigenvalue weighted by atomic mass is 9.95. The first kappa shape index (κ1) is 11.7. The van der Waals surface area contributed by atoms with Crippen LogP contribution in [0.5, 0.6) is 0 Å². The van der Waals surface area contributed by atoms with E-state index in [1.807, 2.05) is 10.8 Å². The van der Waals surface area contributed by atoms with Crippen molar-refractivity contribution >= 4 is 9.84 Å². The van der Waals surface area contributed by atoms with Gasteiger partial charge in [0.05, 0.1) is 23.2 Å². The number of hydrogen-bond donors (Lipinski definition) is 0. The zero-order valence-electron chi connectivity index (χ0n) is 10.1. The van der Waals surface area contributed by atoms with E-state index in [9.17, 15) is 8.42 Å². The zero-order valence-corrected chi connectivity index (χ0v) is 10.9. The van der Waals surface area contributed by atoms with Crippen molar-refractivity contribution in [2.24, 2.45) is 0 Å². The maximum atomic E-state index is 11.7. The monoisotopic (exact) mass is 265 g/mol. The Hall–Kier alpha value is -1.35. The van der Waals surface area contributed by atoms with Crippen molar-refractivity contribution in [1.82, 2.24) is 9.78 Å². The standard InChI is InChI=1S/C12H15N3O2S/c13-6-11-10-7-18(16,17)8-12(10)15(14-11)9-4-2-1-3-5-9/h9H,1-5,7-8H2. The van der Waals surface area contributed by atoms with Crippen LogP contribution in [-0.2, 0) is 21.3 Å². The van der Waals surface area contributed by atoms with Crippen LogP contribution in [0, 0.1) is 11.3 Å². The summed E-state index contributed by atoms with van der Waals surface area (Å²) in [6, 6.07) is 2.31. The summed E-state index contributed by atoms with van der Waals surface area (Å²) in [6.07, 6.45) is 5.64. The molecule has 2 aliphatic rings. The van der Waals surface area contributed by atoms with Gasteiger partial charge < -0.3 is 0 Å². The Morgan fingerprint density at radius 3 is 2.61 bits per heavy atom. The maximum absolute atomic E-state index is 11.7. The fraction of sp³-hybridized carbons (Fsp3) is 0.667. The molecule has 0 N–H and O–H groups in total. The maximum Gasteiger partial charge on any atom is 0.167 e. The number of nitrogens with zero attached hydrogens (tertiary/aromatic N) is 3. The molecular weight excluding hydrogens is 250 g/mol. The SMILES string of the molecule is N#Cc1nn(C2CCCCC2)c2c1CS(=O)(=O)C2. The van der Waals surface area contributed by atoms with Gasteiger partial charge in [-0.05, 0) is 12.8 Å². The second-order valence-electron chi connectivity index (χ2n) is 5.15. The first-order chi connectivity index (χ1) is 8.61. The van der Waals surface area contributed by atoms with E-state index in [-0.39, 0.29) is 17.5 Å². The third-order valence-electron chi connectivity index (χ3n) is 3.87. The van der Waals surface area contributed by atoms with Crippen LogP contribution in [0.1, 0.15) is 55.1 Å². The predicted molar refractivity (Wildman–Crippen MR) is 65.4 cm³/mol. The van der Waals surface area contributed by atoms with Gasteiger partial charge >= 0.3 is 0 Å². The van der Waals surface area contributed by atoms with Gasteiger partial charge in [0.25, 0.3) is 0 Å². The molecule has 0 spiro atoms. The molecule has 0 atom stereocenters. The number of fused-ring (bicyclic) bond motifs is 1. The van der Waals surface area contributed by atoms with E-state index in [0.717, 1.165) is 31.4 Å². The van der Waals surface area contributed by atoms with E-state index < -0.39 is 9.84 Å². The van der Waals surface area contributed by atoms with E-state index in [1.165, 1.54) is 6.42 Å². The second-order valence-corrected chi connectivity index (χ2v) is 7.22. The molecule has 0 bridgehead atoms. The summed E-state index contributed by atoms with van der Waals surface area (Å²) in [4.78, 5) is 0. The molecule has 0 unspecified atom stereocenters. The molecule has 2 heterocycles. The lowest BCUT2D eigenvalue weighted by Crippen LogP contribution is -2.17. The molecule has 6 heteroatoms. The van der Waals surface area contributed by atoms with Gasteiger partial charge in [-0.3, -0.25) is 4.68 Å². The van der Waals surface area contributed by atoms with Crippen molar-refractivity contribution < 1.29 is 8.42 Å². The number of hydrogen-bond acceptors (Lipinski definition) is 4. The molecule has 1 aliphatic heterocycles. The highest BCUT2D eigenvalue weighted by molar-refractivity contribution is 7.90. The highest BCUT2D eigenvalue weighted by Gasteiger charge is 2.34. The quantitative estimate of drug-likeness (QED) is 0.774. The van der Waals surface area contributed by atoms with Gasteiger partial charge in [0.1, 0.15) is 6.07 Å². The molecule has 0 saturated heterocycles. The van der Waals surface area contributed by atoms with Gasteiger partial charge in [-0.2, -0.15) is 10.4 Å². The number of nitriles is 1. The summed E-state index contributed by atoms with van der Waals surface area (Å²) < 4.78 is 25.2. The number of rotatable bonds is 1. The molecule has 1 fully saturated rings. The van der Waals surface area contributed by atoms with Crippen LogP contribution in [0.4, 0.5) is 0 Å². The third kappa shape index (κ3) is 1.83. The fourth-order valence-corrected chi connectivity index (χ4v) is 4.57. The molecule has 5 nitrogen and oxygen atoms in total. The molecular formula is C12H15N3O2S. The highest BCUT2D eigenvalue weighted by Crippen LogP contribution is 2.34. The fourth-order valence-electron chi connectivity index (χ4n) is 3.01. The van der Waals surface area contributed by atoms with E-state index >= 15 is 0 Å². The van der Waals surface area contributed by atoms with Crippen molar-refractivity contribution in [3.8, 4) is 6.07 Å². The average molecular weight is 265 g/mol. The summed E-state index contributed by atoms with van der Waals surface area (Å²) in [7, 11) is -3.07. The van der Waals surface area contributed by atoms with E-state index in [2.05, 4.69) is 5.10 Å². The van der Waals surface area contributed by atoms with Crippen LogP contribution in [0.15, 0.2) is 0 Å². The van der Waals surface area contributed by atoms with Crippen molar-refractivity contribution in [2.45, 2.75) is 49.7 Å². The molecule has 96 valence electrons. The van der Waals surface area contributed by atoms with Gasteiger partial charge in [0, 0.05) is 5.56 Å². The van der Waals surface area contributed by atoms with Gasteiger partial charge in [-0.15, -0.1) is 0 Å². The third-order valence-corrected chi connectivity index (χ3v) is 5.31. The molecule has 1 aliphatic carbocycles. The van der Waals surface area contributed by atoms with Crippen molar-refractivity contribution in [2.75, 3.05) is 0 Å². The van der Waals surface area contributed by atoms with Gasteiger partial charge in [-0.1, -0.05) is 19.3 Å². The molecule has 0 amide bonds. The second kappa shape index (κ2) is 4.09. The lowest BCUT2D eigenvalue weighted by Gasteiger charge is -2.23. The Balaban J connectivity index is 2.05. The van der Waals surface area contributed by atoms with Gasteiger partial charge in [0.15, 0.2) is 15.5 Å². The molecule has 0 aromatic carbocycles. The molecule has 1 aromatic heterocycles. The predicted octanol–water partition coefficient (Wildman–Crippen LogP) is 1.69. The molecule has 0 radical (unpaired) electrons. The van der Waals surface area contributed by atoms with Crippen LogP contribution in [0.25, 0.3) is 0 Å². The van der Waals surface area contributed by atoms with E-state index in [1.54, 1.807) is 0 Å². The molecule has 18 heavy (non-hydrogen) atoms. The first-order valence-corrected chi connectivity index (χ1v) is 8.13. The van der Waals surface area contributed by atoms with Crippen LogP contribution in [0.3, 0.4) is 0 Å². The average Bonchev–Trinajstić information content (AvgIpc) is 2.83. The Morgan fingerprint density at radius 2 is 1.94 bits per heavy atom. The smallest absolute Gasteiger partial charge is 0.167 e. The zero-order chi connectivity index (χ0) is 12.8. The minimum absolute atomic E-state index is 0.0159. The van der Waals surface area contributed by atoms with Crippen molar-refractivity contribution in [1.29, 1.82) is 5.26 Å². The Bertz CT molecular complexity index is 618. The highest BCUT2D eigenvalue weighted by atomic mass is 32.2. The Kier molecular flexibility index (Phi) is 2.67.